The molecule has 1 atom stereocenters. The molecule has 0 aromatic heterocycles. The van der Waals surface area contributed by atoms with Crippen molar-refractivity contribution in [3.05, 3.63) is 12.3 Å². The molecule has 0 radical (unpaired) electrons. The SMILES string of the molecule is CC(C)N1CCC(C/C=C\N=C=O)C1. The molecule has 3 heteroatoms. The summed E-state index contributed by atoms with van der Waals surface area (Å²) in [5.74, 6) is 0.732. The van der Waals surface area contributed by atoms with Gasteiger partial charge in [-0.25, -0.2) is 4.79 Å². The van der Waals surface area contributed by atoms with E-state index in [1.807, 2.05) is 6.08 Å². The summed E-state index contributed by atoms with van der Waals surface area (Å²) in [5.41, 5.74) is 0. The molecule has 1 saturated heterocycles. The second-order valence-corrected chi connectivity index (χ2v) is 4.08. The smallest absolute Gasteiger partial charge is 0.239 e. The average molecular weight is 194 g/mol. The predicted molar refractivity (Wildman–Crippen MR) is 56.7 cm³/mol. The van der Waals surface area contributed by atoms with Crippen molar-refractivity contribution in [2.75, 3.05) is 13.1 Å². The van der Waals surface area contributed by atoms with Crippen molar-refractivity contribution in [3.8, 4) is 0 Å². The maximum absolute atomic E-state index is 9.79. The molecule has 78 valence electrons. The van der Waals surface area contributed by atoms with Crippen molar-refractivity contribution in [1.29, 1.82) is 0 Å². The minimum absolute atomic E-state index is 0.650. The van der Waals surface area contributed by atoms with Gasteiger partial charge in [-0.1, -0.05) is 6.08 Å². The van der Waals surface area contributed by atoms with Crippen LogP contribution in [0.1, 0.15) is 26.7 Å². The van der Waals surface area contributed by atoms with Crippen LogP contribution in [0.2, 0.25) is 0 Å². The highest BCUT2D eigenvalue weighted by Gasteiger charge is 2.22. The molecule has 14 heavy (non-hydrogen) atoms. The van der Waals surface area contributed by atoms with E-state index in [0.717, 1.165) is 12.3 Å². The quantitative estimate of drug-likeness (QED) is 0.506. The Labute approximate surface area is 85.5 Å². The van der Waals surface area contributed by atoms with E-state index in [1.165, 1.54) is 25.6 Å². The van der Waals surface area contributed by atoms with Crippen molar-refractivity contribution < 1.29 is 4.79 Å². The van der Waals surface area contributed by atoms with Crippen LogP contribution in [0, 0.1) is 5.92 Å². The van der Waals surface area contributed by atoms with E-state index in [-0.39, 0.29) is 0 Å². The number of hydrogen-bond acceptors (Lipinski definition) is 3. The van der Waals surface area contributed by atoms with Gasteiger partial charge in [0, 0.05) is 18.8 Å². The fourth-order valence-electron chi connectivity index (χ4n) is 1.86. The van der Waals surface area contributed by atoms with E-state index < -0.39 is 0 Å². The highest BCUT2D eigenvalue weighted by Crippen LogP contribution is 2.21. The molecular weight excluding hydrogens is 176 g/mol. The second kappa shape index (κ2) is 5.74. The molecule has 0 N–H and O–H groups in total. The molecule has 1 aliphatic rings. The molecule has 1 heterocycles. The molecule has 1 unspecified atom stereocenters. The van der Waals surface area contributed by atoms with Gasteiger partial charge in [0.25, 0.3) is 0 Å². The summed E-state index contributed by atoms with van der Waals surface area (Å²) in [5, 5.41) is 0. The number of aliphatic imine (C=N–C) groups is 1. The number of nitrogens with zero attached hydrogens (tertiary/aromatic N) is 2. The van der Waals surface area contributed by atoms with Gasteiger partial charge < -0.3 is 4.90 Å². The highest BCUT2D eigenvalue weighted by atomic mass is 16.1. The first kappa shape index (κ1) is 11.2. The van der Waals surface area contributed by atoms with Crippen LogP contribution in [0.3, 0.4) is 0 Å². The first-order chi connectivity index (χ1) is 6.74. The molecule has 0 saturated carbocycles. The Bertz CT molecular complexity index is 242. The Morgan fingerprint density at radius 1 is 1.64 bits per heavy atom. The van der Waals surface area contributed by atoms with Crippen molar-refractivity contribution in [2.45, 2.75) is 32.7 Å². The minimum Gasteiger partial charge on any atom is -0.301 e. The molecule has 0 aromatic carbocycles. The van der Waals surface area contributed by atoms with Crippen molar-refractivity contribution in [1.82, 2.24) is 4.90 Å². The monoisotopic (exact) mass is 194 g/mol. The molecule has 1 fully saturated rings. The van der Waals surface area contributed by atoms with Gasteiger partial charge in [-0.2, -0.15) is 4.99 Å². The molecule has 0 spiro atoms. The molecular formula is C11H18N2O. The Kier molecular flexibility index (Phi) is 4.57. The first-order valence-corrected chi connectivity index (χ1v) is 5.20. The molecule has 1 rings (SSSR count). The standard InChI is InChI=1S/C11H18N2O/c1-10(2)13-7-5-11(8-13)4-3-6-12-9-14/h3,6,10-11H,4-5,7-8H2,1-2H3/b6-3-. The third-order valence-electron chi connectivity index (χ3n) is 2.75. The van der Waals surface area contributed by atoms with Gasteiger partial charge in [0.15, 0.2) is 0 Å². The zero-order valence-corrected chi connectivity index (χ0v) is 8.94. The number of rotatable bonds is 4. The molecule has 0 aromatic rings. The number of allylic oxidation sites excluding steroid dienone is 1. The van der Waals surface area contributed by atoms with Crippen LogP contribution in [-0.2, 0) is 4.79 Å². The van der Waals surface area contributed by atoms with Crippen LogP contribution in [0.25, 0.3) is 0 Å². The van der Waals surface area contributed by atoms with Crippen LogP contribution in [0.15, 0.2) is 17.3 Å². The number of carbonyl (C=O) groups excluding carboxylic acids is 1. The number of hydrogen-bond donors (Lipinski definition) is 0. The molecule has 1 aliphatic heterocycles. The van der Waals surface area contributed by atoms with Gasteiger partial charge in [-0.15, -0.1) is 0 Å². The summed E-state index contributed by atoms with van der Waals surface area (Å²) < 4.78 is 0. The first-order valence-electron chi connectivity index (χ1n) is 5.20. The van der Waals surface area contributed by atoms with Crippen LogP contribution in [0.5, 0.6) is 0 Å². The highest BCUT2D eigenvalue weighted by molar-refractivity contribution is 5.34. The van der Waals surface area contributed by atoms with Crippen molar-refractivity contribution in [2.24, 2.45) is 10.9 Å². The van der Waals surface area contributed by atoms with Crippen LogP contribution >= 0.6 is 0 Å². The zero-order chi connectivity index (χ0) is 10.4. The predicted octanol–water partition coefficient (Wildman–Crippen LogP) is 1.96. The van der Waals surface area contributed by atoms with Gasteiger partial charge in [0.05, 0.1) is 0 Å². The van der Waals surface area contributed by atoms with Crippen LogP contribution in [-0.4, -0.2) is 30.1 Å². The Hall–Kier alpha value is -0.920. The van der Waals surface area contributed by atoms with E-state index in [9.17, 15) is 4.79 Å². The zero-order valence-electron chi connectivity index (χ0n) is 8.94. The van der Waals surface area contributed by atoms with E-state index in [4.69, 9.17) is 0 Å². The fraction of sp³-hybridized carbons (Fsp3) is 0.727. The van der Waals surface area contributed by atoms with E-state index in [1.54, 1.807) is 6.20 Å². The maximum Gasteiger partial charge on any atom is 0.239 e. The average Bonchev–Trinajstić information content (AvgIpc) is 2.61. The minimum atomic E-state index is 0.650. The lowest BCUT2D eigenvalue weighted by atomic mass is 10.1. The third kappa shape index (κ3) is 3.44. The molecule has 0 bridgehead atoms. The summed E-state index contributed by atoms with van der Waals surface area (Å²) in [6, 6.07) is 0.650. The second-order valence-electron chi connectivity index (χ2n) is 4.08. The number of isocyanates is 1. The summed E-state index contributed by atoms with van der Waals surface area (Å²) in [7, 11) is 0. The summed E-state index contributed by atoms with van der Waals surface area (Å²) >= 11 is 0. The topological polar surface area (TPSA) is 32.7 Å². The Balaban J connectivity index is 2.25. The molecule has 0 amide bonds. The van der Waals surface area contributed by atoms with Gasteiger partial charge in [-0.05, 0) is 39.2 Å². The van der Waals surface area contributed by atoms with Gasteiger partial charge in [0.2, 0.25) is 6.08 Å². The Morgan fingerprint density at radius 2 is 2.43 bits per heavy atom. The summed E-state index contributed by atoms with van der Waals surface area (Å²) in [6.45, 7) is 6.84. The normalized spacial score (nSPS) is 23.2. The molecule has 3 nitrogen and oxygen atoms in total. The van der Waals surface area contributed by atoms with Crippen LogP contribution < -0.4 is 0 Å². The summed E-state index contributed by atoms with van der Waals surface area (Å²) in [6.07, 6.45) is 7.28. The van der Waals surface area contributed by atoms with Gasteiger partial charge in [0.1, 0.15) is 0 Å². The lowest BCUT2D eigenvalue weighted by Crippen LogP contribution is -2.28. The van der Waals surface area contributed by atoms with Gasteiger partial charge >= 0.3 is 0 Å². The molecule has 0 aliphatic carbocycles. The van der Waals surface area contributed by atoms with Gasteiger partial charge in [-0.3, -0.25) is 0 Å². The largest absolute Gasteiger partial charge is 0.301 e. The van der Waals surface area contributed by atoms with Crippen molar-refractivity contribution in [3.63, 3.8) is 0 Å². The number of likely N-dealkylation sites (tertiary alicyclic amines) is 1. The van der Waals surface area contributed by atoms with Crippen molar-refractivity contribution >= 4 is 6.08 Å². The van der Waals surface area contributed by atoms with E-state index in [0.29, 0.717) is 6.04 Å². The lowest BCUT2D eigenvalue weighted by molar-refractivity contribution is 0.265. The summed E-state index contributed by atoms with van der Waals surface area (Å²) in [4.78, 5) is 15.7. The lowest BCUT2D eigenvalue weighted by Gasteiger charge is -2.19. The van der Waals surface area contributed by atoms with E-state index in [2.05, 4.69) is 23.7 Å². The van der Waals surface area contributed by atoms with E-state index >= 15 is 0 Å². The maximum atomic E-state index is 9.79. The fourth-order valence-corrected chi connectivity index (χ4v) is 1.86. The Morgan fingerprint density at radius 3 is 3.00 bits per heavy atom. The van der Waals surface area contributed by atoms with Crippen LogP contribution in [0.4, 0.5) is 0 Å². The third-order valence-corrected chi connectivity index (χ3v) is 2.75.